The average molecular weight is 337 g/mol. The van der Waals surface area contributed by atoms with Crippen molar-refractivity contribution in [1.29, 1.82) is 0 Å². The van der Waals surface area contributed by atoms with Gasteiger partial charge in [0.2, 0.25) is 0 Å². The second-order valence-corrected chi connectivity index (χ2v) is 5.04. The van der Waals surface area contributed by atoms with Crippen LogP contribution in [0.15, 0.2) is 41.0 Å². The lowest BCUT2D eigenvalue weighted by Crippen LogP contribution is -2.15. The molecule has 2 rings (SSSR count). The van der Waals surface area contributed by atoms with Gasteiger partial charge in [0.25, 0.3) is 0 Å². The van der Waals surface area contributed by atoms with E-state index >= 15 is 0 Å². The molecule has 4 nitrogen and oxygen atoms in total. The minimum Gasteiger partial charge on any atom is -0.493 e. The zero-order valence-electron chi connectivity index (χ0n) is 11.5. The smallest absolute Gasteiger partial charge is 0.166 e. The van der Waals surface area contributed by atoms with Crippen LogP contribution < -0.4 is 14.8 Å². The van der Waals surface area contributed by atoms with Crippen molar-refractivity contribution in [2.45, 2.75) is 13.1 Å². The average Bonchev–Trinajstić information content (AvgIpc) is 2.49. The van der Waals surface area contributed by atoms with Crippen LogP contribution in [0.5, 0.6) is 11.5 Å². The van der Waals surface area contributed by atoms with Gasteiger partial charge in [-0.3, -0.25) is 4.98 Å². The Morgan fingerprint density at radius 3 is 2.60 bits per heavy atom. The highest BCUT2D eigenvalue weighted by atomic mass is 79.9. The molecule has 1 N–H and O–H groups in total. The molecule has 0 unspecified atom stereocenters. The second kappa shape index (κ2) is 7.26. The fourth-order valence-corrected chi connectivity index (χ4v) is 2.40. The Balaban J connectivity index is 2.09. The quantitative estimate of drug-likeness (QED) is 0.879. The van der Waals surface area contributed by atoms with Crippen molar-refractivity contribution in [1.82, 2.24) is 10.3 Å². The van der Waals surface area contributed by atoms with Gasteiger partial charge in [0.1, 0.15) is 0 Å². The predicted octanol–water partition coefficient (Wildman–Crippen LogP) is 3.15. The van der Waals surface area contributed by atoms with E-state index in [0.717, 1.165) is 27.2 Å². The summed E-state index contributed by atoms with van der Waals surface area (Å²) in [5.74, 6) is 1.47. The molecular formula is C15H17BrN2O2. The molecule has 0 atom stereocenters. The number of hydrogen-bond donors (Lipinski definition) is 1. The van der Waals surface area contributed by atoms with Crippen molar-refractivity contribution in [3.63, 3.8) is 0 Å². The van der Waals surface area contributed by atoms with Gasteiger partial charge in [-0.1, -0.05) is 22.0 Å². The largest absolute Gasteiger partial charge is 0.493 e. The summed E-state index contributed by atoms with van der Waals surface area (Å²) in [7, 11) is 3.28. The second-order valence-electron chi connectivity index (χ2n) is 4.19. The van der Waals surface area contributed by atoms with Gasteiger partial charge in [-0.05, 0) is 24.3 Å². The number of ether oxygens (including phenoxy) is 2. The third kappa shape index (κ3) is 3.49. The lowest BCUT2D eigenvalue weighted by molar-refractivity contribution is 0.350. The third-order valence-corrected chi connectivity index (χ3v) is 3.67. The maximum absolute atomic E-state index is 5.44. The Bertz CT molecular complexity index is 561. The summed E-state index contributed by atoms with van der Waals surface area (Å²) in [5, 5.41) is 3.36. The summed E-state index contributed by atoms with van der Waals surface area (Å²) in [4.78, 5) is 4.28. The topological polar surface area (TPSA) is 43.4 Å². The van der Waals surface area contributed by atoms with E-state index in [9.17, 15) is 0 Å². The summed E-state index contributed by atoms with van der Waals surface area (Å²) < 4.78 is 11.7. The molecule has 0 aliphatic rings. The molecule has 0 fully saturated rings. The Labute approximate surface area is 127 Å². The van der Waals surface area contributed by atoms with Crippen LogP contribution in [-0.2, 0) is 13.1 Å². The maximum atomic E-state index is 5.44. The number of hydrogen-bond acceptors (Lipinski definition) is 4. The molecule has 2 aromatic rings. The van der Waals surface area contributed by atoms with Gasteiger partial charge < -0.3 is 14.8 Å². The normalized spacial score (nSPS) is 10.3. The SMILES string of the molecule is COc1ccc(Br)c(CNCc2ccccn2)c1OC. The summed E-state index contributed by atoms with van der Waals surface area (Å²) in [6.07, 6.45) is 1.79. The summed E-state index contributed by atoms with van der Waals surface area (Å²) >= 11 is 3.55. The van der Waals surface area contributed by atoms with Gasteiger partial charge in [0.15, 0.2) is 11.5 Å². The van der Waals surface area contributed by atoms with Crippen molar-refractivity contribution in [3.05, 3.63) is 52.3 Å². The highest BCUT2D eigenvalue weighted by molar-refractivity contribution is 9.10. The van der Waals surface area contributed by atoms with E-state index in [1.807, 2.05) is 30.3 Å². The Morgan fingerprint density at radius 2 is 1.95 bits per heavy atom. The van der Waals surface area contributed by atoms with E-state index in [0.29, 0.717) is 13.1 Å². The molecule has 0 radical (unpaired) electrons. The molecular weight excluding hydrogens is 320 g/mol. The maximum Gasteiger partial charge on any atom is 0.166 e. The fourth-order valence-electron chi connectivity index (χ4n) is 1.95. The van der Waals surface area contributed by atoms with Crippen LogP contribution in [0.25, 0.3) is 0 Å². The monoisotopic (exact) mass is 336 g/mol. The molecule has 1 aromatic heterocycles. The van der Waals surface area contributed by atoms with E-state index in [1.54, 1.807) is 20.4 Å². The van der Waals surface area contributed by atoms with Gasteiger partial charge in [0.05, 0.1) is 19.9 Å². The number of pyridine rings is 1. The van der Waals surface area contributed by atoms with E-state index in [4.69, 9.17) is 9.47 Å². The highest BCUT2D eigenvalue weighted by Crippen LogP contribution is 2.35. The van der Waals surface area contributed by atoms with Gasteiger partial charge in [0, 0.05) is 29.3 Å². The number of nitrogens with one attached hydrogen (secondary N) is 1. The molecule has 1 aromatic carbocycles. The van der Waals surface area contributed by atoms with Gasteiger partial charge >= 0.3 is 0 Å². The molecule has 5 heteroatoms. The third-order valence-electron chi connectivity index (χ3n) is 2.93. The van der Waals surface area contributed by atoms with Crippen LogP contribution in [0, 0.1) is 0 Å². The van der Waals surface area contributed by atoms with Gasteiger partial charge in [-0.15, -0.1) is 0 Å². The predicted molar refractivity (Wildman–Crippen MR) is 82.0 cm³/mol. The Hall–Kier alpha value is -1.59. The summed E-state index contributed by atoms with van der Waals surface area (Å²) in [6.45, 7) is 1.37. The molecule has 0 saturated heterocycles. The summed E-state index contributed by atoms with van der Waals surface area (Å²) in [5.41, 5.74) is 2.04. The van der Waals surface area contributed by atoms with Crippen LogP contribution in [-0.4, -0.2) is 19.2 Å². The first kappa shape index (κ1) is 14.8. The molecule has 0 spiro atoms. The van der Waals surface area contributed by atoms with Crippen molar-refractivity contribution in [3.8, 4) is 11.5 Å². The molecule has 0 amide bonds. The van der Waals surface area contributed by atoms with Crippen molar-refractivity contribution >= 4 is 15.9 Å². The first-order chi connectivity index (χ1) is 9.76. The molecule has 0 aliphatic carbocycles. The highest BCUT2D eigenvalue weighted by Gasteiger charge is 2.13. The molecule has 20 heavy (non-hydrogen) atoms. The van der Waals surface area contributed by atoms with Gasteiger partial charge in [-0.25, -0.2) is 0 Å². The van der Waals surface area contributed by atoms with Crippen LogP contribution >= 0.6 is 15.9 Å². The van der Waals surface area contributed by atoms with E-state index in [-0.39, 0.29) is 0 Å². The van der Waals surface area contributed by atoms with E-state index < -0.39 is 0 Å². The molecule has 106 valence electrons. The van der Waals surface area contributed by atoms with Crippen molar-refractivity contribution < 1.29 is 9.47 Å². The fraction of sp³-hybridized carbons (Fsp3) is 0.267. The zero-order valence-corrected chi connectivity index (χ0v) is 13.1. The number of rotatable bonds is 6. The summed E-state index contributed by atoms with van der Waals surface area (Å²) in [6, 6.07) is 9.71. The molecule has 0 aliphatic heterocycles. The van der Waals surface area contributed by atoms with Crippen LogP contribution in [0.1, 0.15) is 11.3 Å². The Morgan fingerprint density at radius 1 is 1.10 bits per heavy atom. The van der Waals surface area contributed by atoms with Gasteiger partial charge in [-0.2, -0.15) is 0 Å². The number of halogens is 1. The van der Waals surface area contributed by atoms with E-state index in [2.05, 4.69) is 26.2 Å². The van der Waals surface area contributed by atoms with Crippen LogP contribution in [0.2, 0.25) is 0 Å². The van der Waals surface area contributed by atoms with E-state index in [1.165, 1.54) is 0 Å². The number of benzene rings is 1. The lowest BCUT2D eigenvalue weighted by atomic mass is 10.2. The number of aromatic nitrogens is 1. The van der Waals surface area contributed by atoms with Crippen LogP contribution in [0.4, 0.5) is 0 Å². The zero-order chi connectivity index (χ0) is 14.4. The van der Waals surface area contributed by atoms with Crippen molar-refractivity contribution in [2.24, 2.45) is 0 Å². The molecule has 0 saturated carbocycles. The minimum absolute atomic E-state index is 0.664. The lowest BCUT2D eigenvalue weighted by Gasteiger charge is -2.15. The molecule has 1 heterocycles. The standard InChI is InChI=1S/C15H17BrN2O2/c1-19-14-7-6-13(16)12(15(14)20-2)10-17-9-11-5-3-4-8-18-11/h3-8,17H,9-10H2,1-2H3. The minimum atomic E-state index is 0.664. The number of nitrogens with zero attached hydrogens (tertiary/aromatic N) is 1. The molecule has 0 bridgehead atoms. The van der Waals surface area contributed by atoms with Crippen LogP contribution in [0.3, 0.4) is 0 Å². The first-order valence-electron chi connectivity index (χ1n) is 6.26. The number of methoxy groups -OCH3 is 2. The van der Waals surface area contributed by atoms with Crippen molar-refractivity contribution in [2.75, 3.05) is 14.2 Å². The first-order valence-corrected chi connectivity index (χ1v) is 7.05. The Kier molecular flexibility index (Phi) is 5.38.